The molecule has 94 valence electrons. The zero-order valence-electron chi connectivity index (χ0n) is 10.6. The summed E-state index contributed by atoms with van der Waals surface area (Å²) < 4.78 is 5.38. The van der Waals surface area contributed by atoms with E-state index in [4.69, 9.17) is 10.5 Å². The van der Waals surface area contributed by atoms with Crippen molar-refractivity contribution < 1.29 is 4.74 Å². The number of nitrogens with zero attached hydrogens (tertiary/aromatic N) is 1. The van der Waals surface area contributed by atoms with Gasteiger partial charge in [-0.25, -0.2) is 4.98 Å². The van der Waals surface area contributed by atoms with E-state index < -0.39 is 0 Å². The highest BCUT2D eigenvalue weighted by atomic mass is 16.5. The normalized spacial score (nSPS) is 10.1. The van der Waals surface area contributed by atoms with Gasteiger partial charge in [0.25, 0.3) is 0 Å². The third-order valence-electron chi connectivity index (χ3n) is 2.58. The molecule has 3 N–H and O–H groups in total. The van der Waals surface area contributed by atoms with Crippen LogP contribution in [-0.4, -0.2) is 11.6 Å². The molecule has 0 bridgehead atoms. The highest BCUT2D eigenvalue weighted by Crippen LogP contribution is 2.21. The Morgan fingerprint density at radius 3 is 2.61 bits per heavy atom. The third-order valence-corrected chi connectivity index (χ3v) is 2.58. The Bertz CT molecular complexity index is 523. The molecule has 0 fully saturated rings. The summed E-state index contributed by atoms with van der Waals surface area (Å²) in [6, 6.07) is 9.56. The summed E-state index contributed by atoms with van der Waals surface area (Å²) in [4.78, 5) is 4.27. The van der Waals surface area contributed by atoms with Gasteiger partial charge in [-0.1, -0.05) is 0 Å². The van der Waals surface area contributed by atoms with E-state index >= 15 is 0 Å². The van der Waals surface area contributed by atoms with Crippen LogP contribution in [0.2, 0.25) is 0 Å². The SMILES string of the molecule is CCOc1ccc(Nc2cc(N)c(C)cn2)cc1. The van der Waals surface area contributed by atoms with Crippen LogP contribution in [0.1, 0.15) is 12.5 Å². The van der Waals surface area contributed by atoms with E-state index in [1.54, 1.807) is 6.20 Å². The van der Waals surface area contributed by atoms with Gasteiger partial charge in [0, 0.05) is 23.6 Å². The van der Waals surface area contributed by atoms with Crippen LogP contribution in [-0.2, 0) is 0 Å². The molecule has 0 radical (unpaired) electrons. The molecule has 1 aromatic carbocycles. The van der Waals surface area contributed by atoms with Crippen molar-refractivity contribution in [1.29, 1.82) is 0 Å². The molecule has 1 heterocycles. The molecule has 4 heteroatoms. The highest BCUT2D eigenvalue weighted by molar-refractivity contribution is 5.61. The van der Waals surface area contributed by atoms with Gasteiger partial charge in [0.05, 0.1) is 6.61 Å². The fraction of sp³-hybridized carbons (Fsp3) is 0.214. The second-order valence-corrected chi connectivity index (χ2v) is 4.01. The zero-order valence-corrected chi connectivity index (χ0v) is 10.6. The molecule has 0 aliphatic rings. The number of ether oxygens (including phenoxy) is 1. The number of aromatic nitrogens is 1. The van der Waals surface area contributed by atoms with Crippen LogP contribution in [0.3, 0.4) is 0 Å². The average molecular weight is 243 g/mol. The lowest BCUT2D eigenvalue weighted by atomic mass is 10.2. The summed E-state index contributed by atoms with van der Waals surface area (Å²) >= 11 is 0. The van der Waals surface area contributed by atoms with Crippen LogP contribution in [0.15, 0.2) is 36.5 Å². The lowest BCUT2D eigenvalue weighted by Crippen LogP contribution is -1.97. The Hall–Kier alpha value is -2.23. The number of hydrogen-bond donors (Lipinski definition) is 2. The minimum Gasteiger partial charge on any atom is -0.494 e. The molecule has 0 saturated heterocycles. The van der Waals surface area contributed by atoms with Crippen LogP contribution in [0.4, 0.5) is 17.2 Å². The molecule has 0 aliphatic carbocycles. The number of aryl methyl sites for hydroxylation is 1. The zero-order chi connectivity index (χ0) is 13.0. The van der Waals surface area contributed by atoms with E-state index in [9.17, 15) is 0 Å². The average Bonchev–Trinajstić information content (AvgIpc) is 2.37. The van der Waals surface area contributed by atoms with Crippen LogP contribution >= 0.6 is 0 Å². The minimum atomic E-state index is 0.669. The molecule has 1 aromatic heterocycles. The van der Waals surface area contributed by atoms with Gasteiger partial charge >= 0.3 is 0 Å². The number of benzene rings is 1. The number of nitrogen functional groups attached to an aromatic ring is 1. The maximum absolute atomic E-state index is 5.84. The Balaban J connectivity index is 2.10. The number of pyridine rings is 1. The maximum Gasteiger partial charge on any atom is 0.132 e. The molecule has 0 spiro atoms. The molecule has 0 amide bonds. The number of nitrogens with one attached hydrogen (secondary N) is 1. The van der Waals surface area contributed by atoms with Gasteiger partial charge < -0.3 is 15.8 Å². The third kappa shape index (κ3) is 2.91. The van der Waals surface area contributed by atoms with Gasteiger partial charge in [-0.05, 0) is 43.7 Å². The minimum absolute atomic E-state index is 0.669. The van der Waals surface area contributed by atoms with E-state index in [-0.39, 0.29) is 0 Å². The Kier molecular flexibility index (Phi) is 3.67. The number of rotatable bonds is 4. The standard InChI is InChI=1S/C14H17N3O/c1-3-18-12-6-4-11(5-7-12)17-14-8-13(15)10(2)9-16-14/h4-9H,3H2,1-2H3,(H3,15,16,17). The van der Waals surface area contributed by atoms with Crippen molar-refractivity contribution in [3.05, 3.63) is 42.1 Å². The van der Waals surface area contributed by atoms with Crippen molar-refractivity contribution in [2.24, 2.45) is 0 Å². The van der Waals surface area contributed by atoms with Gasteiger partial charge in [-0.15, -0.1) is 0 Å². The monoisotopic (exact) mass is 243 g/mol. The van der Waals surface area contributed by atoms with E-state index in [1.807, 2.05) is 44.2 Å². The largest absolute Gasteiger partial charge is 0.494 e. The van der Waals surface area contributed by atoms with E-state index in [0.717, 1.165) is 28.5 Å². The maximum atomic E-state index is 5.84. The van der Waals surface area contributed by atoms with Crippen molar-refractivity contribution in [3.8, 4) is 5.75 Å². The number of hydrogen-bond acceptors (Lipinski definition) is 4. The van der Waals surface area contributed by atoms with E-state index in [0.29, 0.717) is 6.61 Å². The predicted octanol–water partition coefficient (Wildman–Crippen LogP) is 3.11. The second kappa shape index (κ2) is 5.40. The van der Waals surface area contributed by atoms with Crippen molar-refractivity contribution in [2.45, 2.75) is 13.8 Å². The molecule has 0 aliphatic heterocycles. The van der Waals surface area contributed by atoms with Crippen molar-refractivity contribution in [3.63, 3.8) is 0 Å². The second-order valence-electron chi connectivity index (χ2n) is 4.01. The summed E-state index contributed by atoms with van der Waals surface area (Å²) in [6.45, 7) is 4.57. The first-order chi connectivity index (χ1) is 8.69. The highest BCUT2D eigenvalue weighted by Gasteiger charge is 2.00. The molecule has 0 saturated carbocycles. The molecular formula is C14H17N3O. The summed E-state index contributed by atoms with van der Waals surface area (Å²) in [7, 11) is 0. The van der Waals surface area contributed by atoms with Crippen LogP contribution in [0, 0.1) is 6.92 Å². The Morgan fingerprint density at radius 2 is 2.00 bits per heavy atom. The van der Waals surface area contributed by atoms with Gasteiger partial charge in [0.15, 0.2) is 0 Å². The summed E-state index contributed by atoms with van der Waals surface area (Å²) in [5.74, 6) is 1.60. The lowest BCUT2D eigenvalue weighted by Gasteiger charge is -2.08. The van der Waals surface area contributed by atoms with Gasteiger partial charge in [-0.3, -0.25) is 0 Å². The van der Waals surface area contributed by atoms with Gasteiger partial charge in [-0.2, -0.15) is 0 Å². The van der Waals surface area contributed by atoms with Crippen LogP contribution < -0.4 is 15.8 Å². The number of anilines is 3. The fourth-order valence-corrected chi connectivity index (χ4v) is 1.56. The Morgan fingerprint density at radius 1 is 1.28 bits per heavy atom. The predicted molar refractivity (Wildman–Crippen MR) is 74.3 cm³/mol. The number of nitrogens with two attached hydrogens (primary N) is 1. The van der Waals surface area contributed by atoms with Gasteiger partial charge in [0.2, 0.25) is 0 Å². The first-order valence-electron chi connectivity index (χ1n) is 5.91. The molecular weight excluding hydrogens is 226 g/mol. The quantitative estimate of drug-likeness (QED) is 0.866. The Labute approximate surface area is 107 Å². The summed E-state index contributed by atoms with van der Waals surface area (Å²) in [5, 5.41) is 3.19. The van der Waals surface area contributed by atoms with E-state index in [1.165, 1.54) is 0 Å². The summed E-state index contributed by atoms with van der Waals surface area (Å²) in [6.07, 6.45) is 1.76. The van der Waals surface area contributed by atoms with Gasteiger partial charge in [0.1, 0.15) is 11.6 Å². The molecule has 2 rings (SSSR count). The fourth-order valence-electron chi connectivity index (χ4n) is 1.56. The van der Waals surface area contributed by atoms with Crippen molar-refractivity contribution in [1.82, 2.24) is 4.98 Å². The molecule has 2 aromatic rings. The summed E-state index contributed by atoms with van der Waals surface area (Å²) in [5.41, 5.74) is 8.50. The molecule has 4 nitrogen and oxygen atoms in total. The molecule has 0 atom stereocenters. The molecule has 18 heavy (non-hydrogen) atoms. The van der Waals surface area contributed by atoms with Crippen LogP contribution in [0.25, 0.3) is 0 Å². The smallest absolute Gasteiger partial charge is 0.132 e. The molecule has 0 unspecified atom stereocenters. The first-order valence-corrected chi connectivity index (χ1v) is 5.91. The van der Waals surface area contributed by atoms with Crippen molar-refractivity contribution >= 4 is 17.2 Å². The topological polar surface area (TPSA) is 60.2 Å². The first kappa shape index (κ1) is 12.2. The van der Waals surface area contributed by atoms with E-state index in [2.05, 4.69) is 10.3 Å². The van der Waals surface area contributed by atoms with Crippen LogP contribution in [0.5, 0.6) is 5.75 Å². The van der Waals surface area contributed by atoms with Crippen molar-refractivity contribution in [2.75, 3.05) is 17.7 Å². The lowest BCUT2D eigenvalue weighted by molar-refractivity contribution is 0.340.